The number of pyridine rings is 1. The van der Waals surface area contributed by atoms with Crippen molar-refractivity contribution in [2.45, 2.75) is 13.0 Å². The van der Waals surface area contributed by atoms with Gasteiger partial charge in [0.2, 0.25) is 5.78 Å². The molecular formula is C22H27N3O4+2. The number of hydrogen-bond donors (Lipinski definition) is 1. The molecule has 2 unspecified atom stereocenters. The van der Waals surface area contributed by atoms with Crippen molar-refractivity contribution >= 4 is 17.5 Å². The Hall–Kier alpha value is -3.06. The Kier molecular flexibility index (Phi) is 6.08. The summed E-state index contributed by atoms with van der Waals surface area (Å²) < 4.78 is 5.26. The van der Waals surface area contributed by atoms with Gasteiger partial charge in [0.15, 0.2) is 18.2 Å². The molecule has 1 saturated heterocycles. The second-order valence-electron chi connectivity index (χ2n) is 7.63. The number of aryl methyl sites for hydroxylation is 1. The average molecular weight is 397 g/mol. The lowest BCUT2D eigenvalue weighted by Gasteiger charge is -2.26. The SMILES string of the molecule is COc1ccc(C(=O)C2C(=O)C(=O)N(CC[NH+](C)C)C2c2ccc[nH+]c2)cc1C. The van der Waals surface area contributed by atoms with Crippen LogP contribution in [0.3, 0.4) is 0 Å². The minimum atomic E-state index is -1.07. The van der Waals surface area contributed by atoms with Gasteiger partial charge in [0.25, 0.3) is 5.91 Å². The van der Waals surface area contributed by atoms with Gasteiger partial charge in [0.05, 0.1) is 40.3 Å². The lowest BCUT2D eigenvalue weighted by Crippen LogP contribution is -3.06. The summed E-state index contributed by atoms with van der Waals surface area (Å²) in [5.41, 5.74) is 1.94. The van der Waals surface area contributed by atoms with Gasteiger partial charge in [0, 0.05) is 17.2 Å². The number of methoxy groups -OCH3 is 1. The fraction of sp³-hybridized carbons (Fsp3) is 0.364. The fourth-order valence-corrected chi connectivity index (χ4v) is 3.75. The molecule has 1 fully saturated rings. The number of nitrogens with zero attached hydrogens (tertiary/aromatic N) is 1. The number of Topliss-reactive ketones (excluding diaryl/α,β-unsaturated/α-hetero) is 2. The lowest BCUT2D eigenvalue weighted by molar-refractivity contribution is -0.857. The Labute approximate surface area is 170 Å². The number of H-pyrrole nitrogens is 1. The molecule has 3 rings (SSSR count). The summed E-state index contributed by atoms with van der Waals surface area (Å²) in [5.74, 6) is -1.99. The van der Waals surface area contributed by atoms with E-state index in [4.69, 9.17) is 4.74 Å². The normalized spacial score (nSPS) is 19.1. The monoisotopic (exact) mass is 397 g/mol. The third kappa shape index (κ3) is 4.05. The standard InChI is InChI=1S/C22H25N3O4/c1-14-12-15(7-8-17(14)29-4)20(26)18-19(16-6-5-9-23-13-16)25(11-10-24(2)3)22(28)21(18)27/h5-9,12-13,18-19H,10-11H2,1-4H3/p+2. The van der Waals surface area contributed by atoms with E-state index >= 15 is 0 Å². The number of aromatic nitrogens is 1. The van der Waals surface area contributed by atoms with Crippen molar-refractivity contribution in [3.8, 4) is 5.75 Å². The van der Waals surface area contributed by atoms with Gasteiger partial charge >= 0.3 is 0 Å². The van der Waals surface area contributed by atoms with Crippen LogP contribution in [-0.2, 0) is 9.59 Å². The summed E-state index contributed by atoms with van der Waals surface area (Å²) in [6, 6.07) is 8.08. The van der Waals surface area contributed by atoms with Gasteiger partial charge in [-0.2, -0.15) is 0 Å². The Balaban J connectivity index is 2.02. The molecule has 2 heterocycles. The summed E-state index contributed by atoms with van der Waals surface area (Å²) >= 11 is 0. The Morgan fingerprint density at radius 2 is 2.00 bits per heavy atom. The van der Waals surface area contributed by atoms with Gasteiger partial charge in [0.1, 0.15) is 11.7 Å². The lowest BCUT2D eigenvalue weighted by atomic mass is 9.86. The predicted octanol–water partition coefficient (Wildman–Crippen LogP) is -0.0863. The van der Waals surface area contributed by atoms with E-state index < -0.39 is 23.7 Å². The molecule has 7 nitrogen and oxygen atoms in total. The summed E-state index contributed by atoms with van der Waals surface area (Å²) in [5, 5.41) is 0. The molecule has 1 aromatic carbocycles. The predicted molar refractivity (Wildman–Crippen MR) is 106 cm³/mol. The molecule has 2 aromatic rings. The summed E-state index contributed by atoms with van der Waals surface area (Å²) in [6.45, 7) is 2.92. The van der Waals surface area contributed by atoms with Crippen LogP contribution in [-0.4, -0.2) is 56.7 Å². The third-order valence-electron chi connectivity index (χ3n) is 5.29. The van der Waals surface area contributed by atoms with Crippen LogP contribution < -0.4 is 14.6 Å². The number of nitrogens with one attached hydrogen (secondary N) is 2. The van der Waals surface area contributed by atoms with E-state index in [2.05, 4.69) is 4.98 Å². The molecule has 0 radical (unpaired) electrons. The van der Waals surface area contributed by atoms with E-state index in [1.807, 2.05) is 27.1 Å². The Bertz CT molecular complexity index is 927. The highest BCUT2D eigenvalue weighted by atomic mass is 16.5. The quantitative estimate of drug-likeness (QED) is 0.402. The van der Waals surface area contributed by atoms with E-state index in [0.29, 0.717) is 24.4 Å². The first-order valence-corrected chi connectivity index (χ1v) is 9.64. The molecule has 1 aliphatic rings. The van der Waals surface area contributed by atoms with E-state index in [9.17, 15) is 14.4 Å². The zero-order valence-electron chi connectivity index (χ0n) is 17.2. The van der Waals surface area contributed by atoms with E-state index in [1.54, 1.807) is 43.8 Å². The van der Waals surface area contributed by atoms with Gasteiger partial charge in [-0.15, -0.1) is 0 Å². The Morgan fingerprint density at radius 3 is 2.59 bits per heavy atom. The number of carbonyl (C=O) groups is 3. The molecule has 0 spiro atoms. The molecule has 0 saturated carbocycles. The molecule has 1 aromatic heterocycles. The van der Waals surface area contributed by atoms with Crippen molar-refractivity contribution in [1.29, 1.82) is 0 Å². The van der Waals surface area contributed by atoms with Crippen LogP contribution >= 0.6 is 0 Å². The number of ketones is 2. The van der Waals surface area contributed by atoms with Crippen molar-refractivity contribution < 1.29 is 29.0 Å². The van der Waals surface area contributed by atoms with E-state index in [1.165, 1.54) is 4.90 Å². The van der Waals surface area contributed by atoms with Crippen LogP contribution in [0.15, 0.2) is 42.7 Å². The number of aromatic amines is 1. The number of rotatable bonds is 7. The Morgan fingerprint density at radius 1 is 1.24 bits per heavy atom. The topological polar surface area (TPSA) is 82.3 Å². The smallest absolute Gasteiger partial charge is 0.291 e. The number of amides is 1. The number of ether oxygens (including phenoxy) is 1. The zero-order valence-corrected chi connectivity index (χ0v) is 17.2. The second kappa shape index (κ2) is 8.53. The molecule has 2 atom stereocenters. The molecule has 29 heavy (non-hydrogen) atoms. The maximum Gasteiger partial charge on any atom is 0.291 e. The first kappa shape index (κ1) is 20.7. The summed E-state index contributed by atoms with van der Waals surface area (Å²) in [7, 11) is 5.53. The van der Waals surface area contributed by atoms with Crippen molar-refractivity contribution in [2.75, 3.05) is 34.3 Å². The number of likely N-dealkylation sites (tertiary alicyclic amines) is 1. The number of quaternary nitrogens is 1. The number of carbonyl (C=O) groups excluding carboxylic acids is 3. The molecule has 1 amide bonds. The van der Waals surface area contributed by atoms with Gasteiger partial charge < -0.3 is 14.5 Å². The third-order valence-corrected chi connectivity index (χ3v) is 5.29. The summed E-state index contributed by atoms with van der Waals surface area (Å²) in [6.07, 6.45) is 3.49. The number of benzene rings is 1. The molecular weight excluding hydrogens is 370 g/mol. The molecule has 152 valence electrons. The van der Waals surface area contributed by atoms with Gasteiger partial charge in [-0.05, 0) is 36.8 Å². The molecule has 7 heteroatoms. The maximum absolute atomic E-state index is 13.4. The molecule has 1 aliphatic heterocycles. The molecule has 0 aliphatic carbocycles. The highest BCUT2D eigenvalue weighted by Gasteiger charge is 2.52. The van der Waals surface area contributed by atoms with Gasteiger partial charge in [-0.3, -0.25) is 14.4 Å². The highest BCUT2D eigenvalue weighted by Crippen LogP contribution is 2.37. The highest BCUT2D eigenvalue weighted by molar-refractivity contribution is 6.44. The van der Waals surface area contributed by atoms with E-state index in [0.717, 1.165) is 16.0 Å². The summed E-state index contributed by atoms with van der Waals surface area (Å²) in [4.78, 5) is 44.8. The van der Waals surface area contributed by atoms with Crippen molar-refractivity contribution in [2.24, 2.45) is 5.92 Å². The minimum absolute atomic E-state index is 0.345. The second-order valence-corrected chi connectivity index (χ2v) is 7.63. The number of likely N-dealkylation sites (N-methyl/N-ethyl adjacent to an activating group) is 1. The van der Waals surface area contributed by atoms with Crippen molar-refractivity contribution in [3.63, 3.8) is 0 Å². The molecule has 0 bridgehead atoms. The van der Waals surface area contributed by atoms with E-state index in [-0.39, 0.29) is 5.78 Å². The average Bonchev–Trinajstić information content (AvgIpc) is 2.97. The van der Waals surface area contributed by atoms with Crippen LogP contribution in [0, 0.1) is 12.8 Å². The van der Waals surface area contributed by atoms with Crippen molar-refractivity contribution in [3.05, 3.63) is 59.4 Å². The van der Waals surface area contributed by atoms with Crippen LogP contribution in [0.5, 0.6) is 5.75 Å². The van der Waals surface area contributed by atoms with Crippen LogP contribution in [0.4, 0.5) is 0 Å². The molecule has 2 N–H and O–H groups in total. The zero-order chi connectivity index (χ0) is 21.1. The van der Waals surface area contributed by atoms with Gasteiger partial charge in [-0.25, -0.2) is 4.98 Å². The first-order chi connectivity index (χ1) is 13.8. The van der Waals surface area contributed by atoms with Gasteiger partial charge in [-0.1, -0.05) is 0 Å². The maximum atomic E-state index is 13.4. The van der Waals surface area contributed by atoms with Crippen LogP contribution in [0.25, 0.3) is 0 Å². The first-order valence-electron chi connectivity index (χ1n) is 9.64. The minimum Gasteiger partial charge on any atom is -0.496 e. The van der Waals surface area contributed by atoms with Crippen LogP contribution in [0.1, 0.15) is 27.5 Å². The number of hydrogen-bond acceptors (Lipinski definition) is 4. The fourth-order valence-electron chi connectivity index (χ4n) is 3.75. The van der Waals surface area contributed by atoms with Crippen molar-refractivity contribution in [1.82, 2.24) is 4.90 Å². The largest absolute Gasteiger partial charge is 0.496 e. The van der Waals surface area contributed by atoms with Crippen LogP contribution in [0.2, 0.25) is 0 Å².